The summed E-state index contributed by atoms with van der Waals surface area (Å²) in [6, 6.07) is 0. The quantitative estimate of drug-likeness (QED) is 0.280. The van der Waals surface area contributed by atoms with E-state index in [0.29, 0.717) is 0 Å². The Balaban J connectivity index is -0.00000000222. The van der Waals surface area contributed by atoms with Crippen LogP contribution in [0.2, 0.25) is 0 Å². The van der Waals surface area contributed by atoms with Crippen molar-refractivity contribution in [1.82, 2.24) is 0 Å². The van der Waals surface area contributed by atoms with Crippen LogP contribution in [0.25, 0.3) is 0 Å². The SMILES string of the molecule is O=S(=O)(O)O.[KH].[KH].[KH].[KH].[KH].[KH].[KH].[KH].[KH]. The van der Waals surface area contributed by atoms with Crippen molar-refractivity contribution < 1.29 is 17.5 Å². The number of rotatable bonds is 0. The second kappa shape index (κ2) is 46.0. The molecule has 2 N–H and O–H groups in total. The van der Waals surface area contributed by atoms with Crippen molar-refractivity contribution in [1.29, 1.82) is 0 Å². The van der Waals surface area contributed by atoms with Gasteiger partial charge in [0.05, 0.1) is 0 Å². The second-order valence-electron chi connectivity index (χ2n) is 0.448. The molecule has 0 atom stereocenters. The second-order valence-corrected chi connectivity index (χ2v) is 1.34. The van der Waals surface area contributed by atoms with Gasteiger partial charge < -0.3 is 0 Å². The summed E-state index contributed by atoms with van der Waals surface area (Å²) in [5.74, 6) is 0. The molecule has 0 aromatic carbocycles. The van der Waals surface area contributed by atoms with E-state index in [1.54, 1.807) is 0 Å². The van der Waals surface area contributed by atoms with Gasteiger partial charge in [-0.25, -0.2) is 0 Å². The predicted molar refractivity (Wildman–Crippen MR) is 78.5 cm³/mol. The van der Waals surface area contributed by atoms with Crippen LogP contribution in [0.1, 0.15) is 0 Å². The van der Waals surface area contributed by atoms with Gasteiger partial charge in [-0.2, -0.15) is 8.42 Å². The Hall–Kier alpha value is 14.6. The third-order valence-electron chi connectivity index (χ3n) is 0. The molecule has 0 heterocycles. The molecule has 14 heavy (non-hydrogen) atoms. The Morgan fingerprint density at radius 1 is 0.500 bits per heavy atom. The summed E-state index contributed by atoms with van der Waals surface area (Å²) in [4.78, 5) is 0. The van der Waals surface area contributed by atoms with E-state index in [1.165, 1.54) is 0 Å². The normalized spacial score (nSPS) is 4.14. The third-order valence-corrected chi connectivity index (χ3v) is 0. The molecule has 0 radical (unpaired) electrons. The fraction of sp³-hybridized carbons (Fsp3) is 0. The van der Waals surface area contributed by atoms with E-state index in [4.69, 9.17) is 17.5 Å². The standard InChI is InChI=1S/9K.H2O4S.9H/c;;;;;;;;;1-5(2,3)4;;;;;;;;;/h;;;;;;;;;(H2,1,2,3,4);;;;;;;;;. The van der Waals surface area contributed by atoms with Gasteiger partial charge in [-0.05, 0) is 0 Å². The zero-order valence-corrected chi connectivity index (χ0v) is 2.94. The van der Waals surface area contributed by atoms with Gasteiger partial charge in [0, 0.05) is 0 Å². The molecule has 0 fully saturated rings. The van der Waals surface area contributed by atoms with Gasteiger partial charge in [-0.15, -0.1) is 0 Å². The van der Waals surface area contributed by atoms with Crippen molar-refractivity contribution in [3.8, 4) is 0 Å². The van der Waals surface area contributed by atoms with Crippen molar-refractivity contribution in [2.24, 2.45) is 0 Å². The maximum atomic E-state index is 8.74. The van der Waals surface area contributed by atoms with E-state index in [-0.39, 0.29) is 462 Å². The fourth-order valence-corrected chi connectivity index (χ4v) is 0. The number of hydrogen-bond donors (Lipinski definition) is 2. The molecule has 0 aromatic rings. The Labute approximate surface area is 469 Å². The first kappa shape index (κ1) is 63.0. The minimum atomic E-state index is -4.67. The Morgan fingerprint density at radius 2 is 0.500 bits per heavy atom. The van der Waals surface area contributed by atoms with Crippen LogP contribution in [0, 0.1) is 0 Å². The molecule has 50 valence electrons. The molecule has 0 spiro atoms. The maximum absolute atomic E-state index is 8.74. The minimum absolute atomic E-state index is 0. The summed E-state index contributed by atoms with van der Waals surface area (Å²) < 4.78 is 31.6. The van der Waals surface area contributed by atoms with Crippen LogP contribution in [0.3, 0.4) is 0 Å². The average molecular weight is 459 g/mol. The van der Waals surface area contributed by atoms with Crippen LogP contribution in [-0.2, 0) is 10.4 Å². The summed E-state index contributed by atoms with van der Waals surface area (Å²) in [5, 5.41) is 0. The van der Waals surface area contributed by atoms with E-state index in [2.05, 4.69) is 0 Å². The molecule has 0 aliphatic rings. The van der Waals surface area contributed by atoms with E-state index in [1.807, 2.05) is 0 Å². The predicted octanol–water partition coefficient (Wildman–Crippen LogP) is -6.49. The van der Waals surface area contributed by atoms with Crippen molar-refractivity contribution in [3.05, 3.63) is 0 Å². The van der Waals surface area contributed by atoms with Crippen LogP contribution in [-0.4, -0.2) is 480 Å². The molecule has 0 saturated heterocycles. The van der Waals surface area contributed by atoms with Gasteiger partial charge in [0.15, 0.2) is 0 Å². The molecule has 0 aromatic heterocycles. The molecule has 0 unspecified atom stereocenters. The first-order valence-corrected chi connectivity index (χ1v) is 2.10. The summed E-state index contributed by atoms with van der Waals surface area (Å²) in [5.41, 5.74) is 0. The van der Waals surface area contributed by atoms with Gasteiger partial charge in [0.25, 0.3) is 0 Å². The molecule has 0 bridgehead atoms. The molecular weight excluding hydrogens is 448 g/mol. The molecule has 14 heteroatoms. The summed E-state index contributed by atoms with van der Waals surface area (Å²) in [6.45, 7) is 0. The van der Waals surface area contributed by atoms with Crippen molar-refractivity contribution >= 4 is 473 Å². The first-order valence-electron chi connectivity index (χ1n) is 0.698. The molecule has 0 saturated carbocycles. The molecule has 0 amide bonds. The van der Waals surface area contributed by atoms with Crippen LogP contribution in [0.4, 0.5) is 0 Å². The Morgan fingerprint density at radius 3 is 0.500 bits per heavy atom. The monoisotopic (exact) mass is 458 g/mol. The first-order chi connectivity index (χ1) is 2.00. The summed E-state index contributed by atoms with van der Waals surface area (Å²) >= 11 is 0. The molecule has 0 rings (SSSR count). The van der Waals surface area contributed by atoms with Crippen molar-refractivity contribution in [2.75, 3.05) is 0 Å². The van der Waals surface area contributed by atoms with E-state index in [0.717, 1.165) is 0 Å². The molecule has 0 aliphatic carbocycles. The molecule has 4 nitrogen and oxygen atoms in total. The topological polar surface area (TPSA) is 74.6 Å². The van der Waals surface area contributed by atoms with E-state index >= 15 is 0 Å². The summed E-state index contributed by atoms with van der Waals surface area (Å²) in [6.07, 6.45) is 0. The van der Waals surface area contributed by atoms with E-state index < -0.39 is 10.4 Å². The van der Waals surface area contributed by atoms with Gasteiger partial charge in [0.1, 0.15) is 0 Å². The zero-order chi connectivity index (χ0) is 4.50. The Kier molecular flexibility index (Phi) is 207. The van der Waals surface area contributed by atoms with Gasteiger partial charge >= 0.3 is 473 Å². The number of hydrogen-bond acceptors (Lipinski definition) is 2. The van der Waals surface area contributed by atoms with E-state index in [9.17, 15) is 0 Å². The van der Waals surface area contributed by atoms with Gasteiger partial charge in [0.2, 0.25) is 0 Å². The van der Waals surface area contributed by atoms with Crippen molar-refractivity contribution in [2.45, 2.75) is 0 Å². The van der Waals surface area contributed by atoms with Gasteiger partial charge in [-0.1, -0.05) is 0 Å². The Bertz CT molecular complexity index is 100.0. The molecule has 0 aliphatic heterocycles. The van der Waals surface area contributed by atoms with Crippen LogP contribution in [0.15, 0.2) is 0 Å². The van der Waals surface area contributed by atoms with Gasteiger partial charge in [-0.3, -0.25) is 9.11 Å². The third kappa shape index (κ3) is 81.8. The van der Waals surface area contributed by atoms with Crippen LogP contribution in [0.5, 0.6) is 0 Å². The van der Waals surface area contributed by atoms with Crippen LogP contribution < -0.4 is 0 Å². The van der Waals surface area contributed by atoms with Crippen molar-refractivity contribution in [3.63, 3.8) is 0 Å². The van der Waals surface area contributed by atoms with Crippen LogP contribution >= 0.6 is 0 Å². The fourth-order valence-electron chi connectivity index (χ4n) is 0. The average Bonchev–Trinajstić information content (AvgIpc) is 0.722. The zero-order valence-electron chi connectivity index (χ0n) is 2.12. The summed E-state index contributed by atoms with van der Waals surface area (Å²) in [7, 11) is -4.67. The molecular formula is H11K9O4S.